The van der Waals surface area contributed by atoms with Gasteiger partial charge in [-0.15, -0.1) is 0 Å². The second kappa shape index (κ2) is 15.9. The molecule has 0 heterocycles. The van der Waals surface area contributed by atoms with Gasteiger partial charge in [-0.1, -0.05) is 0 Å². The second-order valence-electron chi connectivity index (χ2n) is 18.9. The Bertz CT molecular complexity index is 2060. The Labute approximate surface area is 344 Å². The van der Waals surface area contributed by atoms with Crippen molar-refractivity contribution in [2.75, 3.05) is 0 Å². The van der Waals surface area contributed by atoms with Crippen molar-refractivity contribution >= 4 is 46.7 Å². The first-order valence-corrected chi connectivity index (χ1v) is 35.3. The number of fused-ring (bicyclic) bond motifs is 2. The van der Waals surface area contributed by atoms with Crippen molar-refractivity contribution < 1.29 is 25.5 Å². The molecule has 0 saturated carbocycles. The van der Waals surface area contributed by atoms with Gasteiger partial charge in [-0.25, -0.2) is 0 Å². The van der Waals surface area contributed by atoms with Crippen molar-refractivity contribution in [3.63, 3.8) is 0 Å². The molecule has 4 aromatic rings. The molecule has 293 valence electrons. The Hall–Kier alpha value is -3.18. The van der Waals surface area contributed by atoms with E-state index < -0.39 is 27.8 Å². The molecule has 4 nitrogen and oxygen atoms in total. The fourth-order valence-electron chi connectivity index (χ4n) is 9.74. The zero-order valence-electron chi connectivity index (χ0n) is 34.8. The van der Waals surface area contributed by atoms with Crippen LogP contribution in [0.3, 0.4) is 0 Å². The molecule has 2 unspecified atom stereocenters. The number of hydrogen-bond donors (Lipinski definition) is 2. The summed E-state index contributed by atoms with van der Waals surface area (Å²) >= 11 is -6.14. The average molecular weight is 955 g/mol. The van der Waals surface area contributed by atoms with Crippen LogP contribution in [-0.2, 0) is 36.3 Å². The van der Waals surface area contributed by atoms with E-state index in [9.17, 15) is 9.59 Å². The molecule has 2 aliphatic carbocycles. The third kappa shape index (κ3) is 7.60. The SMILES string of the molecule is CC(C)CC1=Cc2c(-c3ccccc3C(C)(C)C)cccc2[CH]1[Hf]([Cl])([Cl])([B](NC=O)NC=O)[CH]1C(CC(C)C)=Cc2c(-c3ccccc3C(C)(C)C)cccc21. The van der Waals surface area contributed by atoms with E-state index >= 15 is 0 Å². The molecule has 0 saturated heterocycles. The summed E-state index contributed by atoms with van der Waals surface area (Å²) in [6, 6.07) is 30.4. The third-order valence-corrected chi connectivity index (χ3v) is 40.5. The van der Waals surface area contributed by atoms with E-state index in [1.165, 1.54) is 22.3 Å². The van der Waals surface area contributed by atoms with Gasteiger partial charge in [0, 0.05) is 0 Å². The number of rotatable bonds is 13. The van der Waals surface area contributed by atoms with E-state index in [4.69, 9.17) is 17.2 Å². The van der Waals surface area contributed by atoms with Crippen molar-refractivity contribution in [3.8, 4) is 22.3 Å². The van der Waals surface area contributed by atoms with Crippen molar-refractivity contribution in [2.24, 2.45) is 11.8 Å². The molecule has 0 bridgehead atoms. The first kappa shape index (κ1) is 42.4. The van der Waals surface area contributed by atoms with Crippen LogP contribution in [0.15, 0.2) is 96.1 Å². The summed E-state index contributed by atoms with van der Waals surface area (Å²) in [7, 11) is 17.6. The molecule has 0 aromatic heterocycles. The number of nitrogens with one attached hydrogen (secondary N) is 2. The van der Waals surface area contributed by atoms with Gasteiger partial charge in [0.15, 0.2) is 0 Å². The number of amides is 2. The summed E-state index contributed by atoms with van der Waals surface area (Å²) in [6.07, 6.45) is 7.51. The van der Waals surface area contributed by atoms with Crippen LogP contribution in [0.25, 0.3) is 34.4 Å². The quantitative estimate of drug-likeness (QED) is 0.104. The van der Waals surface area contributed by atoms with Crippen molar-refractivity contribution in [1.82, 2.24) is 10.5 Å². The van der Waals surface area contributed by atoms with E-state index in [1.54, 1.807) is 0 Å². The molecule has 0 fully saturated rings. The molecule has 2 atom stereocenters. The van der Waals surface area contributed by atoms with Gasteiger partial charge in [-0.05, 0) is 0 Å². The normalized spacial score (nSPS) is 17.4. The van der Waals surface area contributed by atoms with Gasteiger partial charge in [-0.2, -0.15) is 0 Å². The Balaban J connectivity index is 1.71. The van der Waals surface area contributed by atoms with Crippen molar-refractivity contribution in [1.29, 1.82) is 0 Å². The van der Waals surface area contributed by atoms with Crippen molar-refractivity contribution in [2.45, 2.75) is 100 Å². The van der Waals surface area contributed by atoms with Gasteiger partial charge in [0.25, 0.3) is 0 Å². The van der Waals surface area contributed by atoms with Gasteiger partial charge < -0.3 is 0 Å². The van der Waals surface area contributed by atoms with Crippen LogP contribution in [0, 0.1) is 11.8 Å². The van der Waals surface area contributed by atoms with E-state index in [-0.39, 0.29) is 10.8 Å². The predicted octanol–water partition coefficient (Wildman–Crippen LogP) is 12.8. The summed E-state index contributed by atoms with van der Waals surface area (Å²) in [5.74, 6) is 0.604. The van der Waals surface area contributed by atoms with Crippen LogP contribution in [0.2, 0.25) is 0 Å². The monoisotopic (exact) mass is 955 g/mol. The van der Waals surface area contributed by atoms with E-state index in [0.717, 1.165) is 57.4 Å². The summed E-state index contributed by atoms with van der Waals surface area (Å²) in [6.45, 7) is 22.4. The maximum absolute atomic E-state index is 12.7. The Kier molecular flexibility index (Phi) is 12.0. The van der Waals surface area contributed by atoms with Crippen LogP contribution >= 0.6 is 17.2 Å². The summed E-state index contributed by atoms with van der Waals surface area (Å²) < 4.78 is -1.77. The first-order valence-electron chi connectivity index (χ1n) is 20.2. The predicted molar refractivity (Wildman–Crippen MR) is 237 cm³/mol. The standard InChI is InChI=1S/2C23H27.C2H3BN2O2.2ClH.Hf/c2*1-16(2)13-17-14-18-9-8-11-19(21(18)15-17)20-10-6-7-12-22(20)23(3,4)5;6-1-4-3-5-2-7;;;/h2*6-12,14-16H,13H2,1-5H3;1-2H,(H-,4,5,6,7);2*1H;/q;;;;;+1/p-1. The zero-order valence-corrected chi connectivity index (χ0v) is 39.9. The molecule has 4 aromatic carbocycles. The Morgan fingerprint density at radius 3 is 1.29 bits per heavy atom. The molecular weight excluding hydrogens is 897 g/mol. The average Bonchev–Trinajstić information content (AvgIpc) is 3.69. The van der Waals surface area contributed by atoms with Gasteiger partial charge in [-0.3, -0.25) is 0 Å². The first-order chi connectivity index (χ1) is 26.3. The van der Waals surface area contributed by atoms with Gasteiger partial charge >= 0.3 is 346 Å². The van der Waals surface area contributed by atoms with Crippen LogP contribution in [-0.4, -0.2) is 17.4 Å². The molecule has 2 amide bonds. The molecule has 2 aliphatic rings. The molecule has 2 N–H and O–H groups in total. The fourth-order valence-corrected chi connectivity index (χ4v) is 39.2. The topological polar surface area (TPSA) is 58.2 Å². The van der Waals surface area contributed by atoms with Crippen LogP contribution < -0.4 is 10.5 Å². The molecule has 6 rings (SSSR count). The summed E-state index contributed by atoms with van der Waals surface area (Å²) in [4.78, 5) is 25.4. The number of hydrogen-bond acceptors (Lipinski definition) is 2. The van der Waals surface area contributed by atoms with E-state index in [0.29, 0.717) is 24.7 Å². The summed E-state index contributed by atoms with van der Waals surface area (Å²) in [5, 5.41) is 6.07. The van der Waals surface area contributed by atoms with Gasteiger partial charge in [0.05, 0.1) is 0 Å². The molecule has 0 aliphatic heterocycles. The molecule has 56 heavy (non-hydrogen) atoms. The van der Waals surface area contributed by atoms with Gasteiger partial charge in [0.2, 0.25) is 0 Å². The Morgan fingerprint density at radius 2 is 0.946 bits per heavy atom. The second-order valence-corrected chi connectivity index (χ2v) is 49.4. The molecule has 0 spiro atoms. The van der Waals surface area contributed by atoms with Crippen LogP contribution in [0.1, 0.15) is 123 Å². The minimum absolute atomic E-state index is 0.0914. The molecular formula is C48H58BCl2HfN2O2. The van der Waals surface area contributed by atoms with E-state index in [2.05, 4.69) is 177 Å². The number of allylic oxidation sites excluding steroid dienone is 2. The number of carbonyl (C=O) groups excluding carboxylic acids is 2. The van der Waals surface area contributed by atoms with Gasteiger partial charge in [0.1, 0.15) is 0 Å². The molecule has 8 heteroatoms. The maximum atomic E-state index is 12.7. The number of halogens is 2. The van der Waals surface area contributed by atoms with Crippen LogP contribution in [0.4, 0.5) is 0 Å². The Morgan fingerprint density at radius 1 is 0.589 bits per heavy atom. The zero-order chi connectivity index (χ0) is 40.8. The number of benzene rings is 4. The molecule has 0 radical (unpaired) electrons. The van der Waals surface area contributed by atoms with Crippen molar-refractivity contribution in [3.05, 3.63) is 129 Å². The van der Waals surface area contributed by atoms with Crippen LogP contribution in [0.5, 0.6) is 0 Å². The number of carbonyl (C=O) groups is 2. The summed E-state index contributed by atoms with van der Waals surface area (Å²) in [5.41, 5.74) is 13.7. The fraction of sp³-hybridized carbons (Fsp3) is 0.375. The van der Waals surface area contributed by atoms with E-state index in [1.807, 2.05) is 0 Å². The minimum atomic E-state index is -6.14. The third-order valence-electron chi connectivity index (χ3n) is 11.8.